The van der Waals surface area contributed by atoms with E-state index in [9.17, 15) is 4.79 Å². The van der Waals surface area contributed by atoms with Gasteiger partial charge in [-0.3, -0.25) is 4.79 Å². The van der Waals surface area contributed by atoms with Gasteiger partial charge in [-0.25, -0.2) is 0 Å². The van der Waals surface area contributed by atoms with Crippen molar-refractivity contribution in [2.75, 3.05) is 7.05 Å². The van der Waals surface area contributed by atoms with E-state index >= 15 is 0 Å². The Kier molecular flexibility index (Phi) is 4.94. The van der Waals surface area contributed by atoms with E-state index in [-0.39, 0.29) is 12.5 Å². The molecule has 0 atom stereocenters. The number of aryl methyl sites for hydroxylation is 2. The van der Waals surface area contributed by atoms with Crippen LogP contribution in [0.5, 0.6) is 0 Å². The van der Waals surface area contributed by atoms with E-state index in [2.05, 4.69) is 16.2 Å². The van der Waals surface area contributed by atoms with Gasteiger partial charge in [0, 0.05) is 18.2 Å². The van der Waals surface area contributed by atoms with E-state index in [0.717, 1.165) is 12.8 Å². The largest absolute Gasteiger partial charge is 0.337 e. The molecule has 6 heteroatoms. The zero-order valence-electron chi connectivity index (χ0n) is 15.1. The van der Waals surface area contributed by atoms with Gasteiger partial charge in [0.1, 0.15) is 0 Å². The first-order valence-electron chi connectivity index (χ1n) is 9.06. The van der Waals surface area contributed by atoms with E-state index in [1.807, 2.05) is 30.3 Å². The van der Waals surface area contributed by atoms with Gasteiger partial charge in [0.05, 0.1) is 11.6 Å². The van der Waals surface area contributed by atoms with Crippen LogP contribution in [-0.2, 0) is 19.4 Å². The zero-order valence-corrected chi connectivity index (χ0v) is 15.9. The summed E-state index contributed by atoms with van der Waals surface area (Å²) in [5.74, 6) is 0.741. The van der Waals surface area contributed by atoms with Crippen molar-refractivity contribution in [3.05, 3.63) is 70.1 Å². The van der Waals surface area contributed by atoms with Crippen molar-refractivity contribution in [3.63, 3.8) is 0 Å². The summed E-state index contributed by atoms with van der Waals surface area (Å²) in [5.41, 5.74) is 4.06. The van der Waals surface area contributed by atoms with Crippen molar-refractivity contribution >= 4 is 17.5 Å². The number of fused-ring (bicyclic) bond motifs is 1. The number of rotatable bonds is 4. The maximum atomic E-state index is 12.8. The van der Waals surface area contributed by atoms with Gasteiger partial charge < -0.3 is 9.42 Å². The van der Waals surface area contributed by atoms with E-state index in [1.54, 1.807) is 18.0 Å². The third-order valence-corrected chi connectivity index (χ3v) is 5.23. The predicted octanol–water partition coefficient (Wildman–Crippen LogP) is 4.54. The van der Waals surface area contributed by atoms with Crippen molar-refractivity contribution in [2.45, 2.75) is 32.2 Å². The fraction of sp³-hybridized carbons (Fsp3) is 0.286. The Morgan fingerprint density at radius 2 is 1.93 bits per heavy atom. The van der Waals surface area contributed by atoms with E-state index in [0.29, 0.717) is 27.9 Å². The third-order valence-electron chi connectivity index (χ3n) is 4.90. The summed E-state index contributed by atoms with van der Waals surface area (Å²) in [6, 6.07) is 13.3. The molecule has 27 heavy (non-hydrogen) atoms. The summed E-state index contributed by atoms with van der Waals surface area (Å²) in [5, 5.41) is 4.54. The topological polar surface area (TPSA) is 59.2 Å². The molecule has 1 heterocycles. The Morgan fingerprint density at radius 3 is 2.74 bits per heavy atom. The molecule has 0 bridgehead atoms. The Balaban J connectivity index is 1.48. The smallest absolute Gasteiger partial charge is 0.254 e. The zero-order chi connectivity index (χ0) is 18.8. The van der Waals surface area contributed by atoms with Gasteiger partial charge in [0.2, 0.25) is 11.7 Å². The first-order chi connectivity index (χ1) is 13.1. The number of nitrogens with zero attached hydrogens (tertiary/aromatic N) is 3. The first-order valence-corrected chi connectivity index (χ1v) is 9.44. The molecule has 1 aromatic heterocycles. The average molecular weight is 382 g/mol. The van der Waals surface area contributed by atoms with Gasteiger partial charge >= 0.3 is 0 Å². The Hall–Kier alpha value is -2.66. The molecule has 1 amide bonds. The minimum absolute atomic E-state index is 0.0548. The highest BCUT2D eigenvalue weighted by molar-refractivity contribution is 6.33. The number of amides is 1. The molecule has 0 radical (unpaired) electrons. The van der Waals surface area contributed by atoms with Crippen molar-refractivity contribution < 1.29 is 9.32 Å². The lowest BCUT2D eigenvalue weighted by atomic mass is 9.90. The molecule has 1 aliphatic rings. The maximum absolute atomic E-state index is 12.8. The minimum atomic E-state index is -0.0548. The first kappa shape index (κ1) is 17.7. The van der Waals surface area contributed by atoms with Crippen LogP contribution in [0.15, 0.2) is 47.0 Å². The summed E-state index contributed by atoms with van der Waals surface area (Å²) >= 11 is 6.18. The van der Waals surface area contributed by atoms with Crippen LogP contribution in [0.4, 0.5) is 0 Å². The molecular formula is C21H20ClN3O2. The molecule has 0 saturated carbocycles. The monoisotopic (exact) mass is 381 g/mol. The minimum Gasteiger partial charge on any atom is -0.337 e. The van der Waals surface area contributed by atoms with Crippen LogP contribution >= 0.6 is 11.6 Å². The highest BCUT2D eigenvalue weighted by atomic mass is 35.5. The summed E-state index contributed by atoms with van der Waals surface area (Å²) in [4.78, 5) is 18.7. The Morgan fingerprint density at radius 1 is 1.15 bits per heavy atom. The number of carbonyl (C=O) groups is 1. The number of carbonyl (C=O) groups excluding carboxylic acids is 1. The Bertz CT molecular complexity index is 983. The molecular weight excluding hydrogens is 362 g/mol. The molecule has 1 aliphatic carbocycles. The van der Waals surface area contributed by atoms with Crippen molar-refractivity contribution in [1.82, 2.24) is 15.0 Å². The molecule has 4 rings (SSSR count). The second-order valence-electron chi connectivity index (χ2n) is 6.84. The Labute approximate surface area is 163 Å². The molecule has 0 saturated heterocycles. The molecule has 3 aromatic rings. The molecule has 138 valence electrons. The van der Waals surface area contributed by atoms with Gasteiger partial charge in [-0.05, 0) is 61.1 Å². The van der Waals surface area contributed by atoms with Crippen LogP contribution in [0, 0.1) is 0 Å². The average Bonchev–Trinajstić information content (AvgIpc) is 3.15. The van der Waals surface area contributed by atoms with Gasteiger partial charge in [0.15, 0.2) is 0 Å². The number of benzene rings is 2. The van der Waals surface area contributed by atoms with E-state index < -0.39 is 0 Å². The third kappa shape index (κ3) is 3.74. The number of hydrogen-bond acceptors (Lipinski definition) is 4. The van der Waals surface area contributed by atoms with Gasteiger partial charge in [-0.15, -0.1) is 0 Å². The van der Waals surface area contributed by atoms with Gasteiger partial charge in [0.25, 0.3) is 5.91 Å². The van der Waals surface area contributed by atoms with Crippen molar-refractivity contribution in [1.29, 1.82) is 0 Å². The number of halogens is 1. The van der Waals surface area contributed by atoms with Crippen LogP contribution in [0.25, 0.3) is 11.4 Å². The second-order valence-corrected chi connectivity index (χ2v) is 7.25. The van der Waals surface area contributed by atoms with Crippen molar-refractivity contribution in [2.24, 2.45) is 0 Å². The molecule has 0 aliphatic heterocycles. The lowest BCUT2D eigenvalue weighted by Crippen LogP contribution is -2.26. The fourth-order valence-corrected chi connectivity index (χ4v) is 3.65. The second kappa shape index (κ2) is 7.53. The standard InChI is InChI=1S/C21H20ClN3O2/c1-25(21(26)16-11-10-14-6-2-3-7-15(14)12-16)13-19-23-20(24-27-19)17-8-4-5-9-18(17)22/h4-5,8-12H,2-3,6-7,13H2,1H3. The normalized spacial score (nSPS) is 13.3. The van der Waals surface area contributed by atoms with E-state index in [1.165, 1.54) is 24.0 Å². The number of aromatic nitrogens is 2. The highest BCUT2D eigenvalue weighted by Gasteiger charge is 2.19. The number of hydrogen-bond donors (Lipinski definition) is 0. The van der Waals surface area contributed by atoms with Gasteiger partial charge in [-0.1, -0.05) is 35.0 Å². The summed E-state index contributed by atoms with van der Waals surface area (Å²) < 4.78 is 5.31. The lowest BCUT2D eigenvalue weighted by molar-refractivity contribution is 0.0769. The fourth-order valence-electron chi connectivity index (χ4n) is 3.43. The maximum Gasteiger partial charge on any atom is 0.254 e. The molecule has 0 N–H and O–H groups in total. The van der Waals surface area contributed by atoms with Crippen LogP contribution in [0.3, 0.4) is 0 Å². The summed E-state index contributed by atoms with van der Waals surface area (Å²) in [7, 11) is 1.74. The van der Waals surface area contributed by atoms with Crippen LogP contribution in [-0.4, -0.2) is 28.0 Å². The lowest BCUT2D eigenvalue weighted by Gasteiger charge is -2.19. The van der Waals surface area contributed by atoms with Gasteiger partial charge in [-0.2, -0.15) is 4.98 Å². The SMILES string of the molecule is CN(Cc1nc(-c2ccccc2Cl)no1)C(=O)c1ccc2c(c1)CCCC2. The van der Waals surface area contributed by atoms with Crippen LogP contribution in [0.2, 0.25) is 5.02 Å². The van der Waals surface area contributed by atoms with Crippen LogP contribution < -0.4 is 0 Å². The molecule has 0 unspecified atom stereocenters. The van der Waals surface area contributed by atoms with Crippen LogP contribution in [0.1, 0.15) is 40.2 Å². The van der Waals surface area contributed by atoms with Crippen molar-refractivity contribution in [3.8, 4) is 11.4 Å². The molecule has 5 nitrogen and oxygen atoms in total. The quantitative estimate of drug-likeness (QED) is 0.665. The molecule has 0 spiro atoms. The summed E-state index contributed by atoms with van der Waals surface area (Å²) in [6.45, 7) is 0.243. The molecule has 2 aromatic carbocycles. The van der Waals surface area contributed by atoms with E-state index in [4.69, 9.17) is 16.1 Å². The predicted molar refractivity (Wildman–Crippen MR) is 104 cm³/mol. The highest BCUT2D eigenvalue weighted by Crippen LogP contribution is 2.25. The molecule has 0 fully saturated rings. The summed E-state index contributed by atoms with van der Waals surface area (Å²) in [6.07, 6.45) is 4.57.